The first-order chi connectivity index (χ1) is 9.09. The highest BCUT2D eigenvalue weighted by molar-refractivity contribution is 6.35. The zero-order valence-electron chi connectivity index (χ0n) is 9.58. The Bertz CT molecular complexity index is 499. The van der Waals surface area contributed by atoms with Crippen molar-refractivity contribution in [2.45, 2.75) is 19.3 Å². The fraction of sp³-hybridized carbons (Fsp3) is 0.273. The molecule has 0 aliphatic carbocycles. The second-order valence-electron chi connectivity index (χ2n) is 3.72. The minimum absolute atomic E-state index is 0.363. The molecule has 8 heteroatoms. The summed E-state index contributed by atoms with van der Waals surface area (Å²) < 4.78 is 0. The smallest absolute Gasteiger partial charge is 0.137 e. The number of rotatable bonds is 4. The van der Waals surface area contributed by atoms with Crippen LogP contribution in [0, 0.1) is 0 Å². The first kappa shape index (κ1) is 14.7. The second-order valence-corrected chi connectivity index (χ2v) is 5.15. The number of aromatic nitrogens is 4. The molecule has 0 aliphatic rings. The van der Waals surface area contributed by atoms with Crippen molar-refractivity contribution in [3.63, 3.8) is 0 Å². The summed E-state index contributed by atoms with van der Waals surface area (Å²) in [5.74, 6) is 0. The van der Waals surface area contributed by atoms with Gasteiger partial charge in [0.25, 0.3) is 0 Å². The molecule has 0 amide bonds. The molecule has 0 fully saturated rings. The highest BCUT2D eigenvalue weighted by Gasteiger charge is 2.11. The third kappa shape index (κ3) is 3.66. The van der Waals surface area contributed by atoms with Crippen LogP contribution in [0.4, 0.5) is 0 Å². The normalized spacial score (nSPS) is 10.7. The van der Waals surface area contributed by atoms with E-state index in [9.17, 15) is 0 Å². The maximum atomic E-state index is 5.96. The fourth-order valence-corrected chi connectivity index (χ4v) is 2.60. The zero-order chi connectivity index (χ0) is 13.8. The van der Waals surface area contributed by atoms with Gasteiger partial charge in [-0.25, -0.2) is 19.9 Å². The van der Waals surface area contributed by atoms with Crippen LogP contribution in [0.25, 0.3) is 0 Å². The maximum Gasteiger partial charge on any atom is 0.137 e. The van der Waals surface area contributed by atoms with Gasteiger partial charge >= 0.3 is 0 Å². The molecule has 19 heavy (non-hydrogen) atoms. The van der Waals surface area contributed by atoms with Crippen molar-refractivity contribution in [2.75, 3.05) is 0 Å². The van der Waals surface area contributed by atoms with E-state index in [0.29, 0.717) is 33.5 Å². The molecule has 100 valence electrons. The van der Waals surface area contributed by atoms with Gasteiger partial charge < -0.3 is 0 Å². The van der Waals surface area contributed by atoms with E-state index in [-0.39, 0.29) is 0 Å². The molecule has 0 saturated carbocycles. The molecule has 0 unspecified atom stereocenters. The number of halogens is 4. The van der Waals surface area contributed by atoms with Crippen LogP contribution in [-0.4, -0.2) is 19.9 Å². The molecule has 2 aromatic rings. The summed E-state index contributed by atoms with van der Waals surface area (Å²) in [6, 6.07) is 0. The molecule has 0 radical (unpaired) electrons. The van der Waals surface area contributed by atoms with Crippen LogP contribution >= 0.6 is 46.4 Å². The first-order valence-electron chi connectivity index (χ1n) is 5.39. The van der Waals surface area contributed by atoms with Gasteiger partial charge in [-0.05, 0) is 19.3 Å². The summed E-state index contributed by atoms with van der Waals surface area (Å²) >= 11 is 23.8. The summed E-state index contributed by atoms with van der Waals surface area (Å²) in [6.07, 6.45) is 4.64. The van der Waals surface area contributed by atoms with Gasteiger partial charge in [0.15, 0.2) is 0 Å². The summed E-state index contributed by atoms with van der Waals surface area (Å²) in [5.41, 5.74) is 1.44. The fourth-order valence-electron chi connectivity index (χ4n) is 1.60. The lowest BCUT2D eigenvalue weighted by molar-refractivity contribution is 0.804. The lowest BCUT2D eigenvalue weighted by atomic mass is 10.1. The highest BCUT2D eigenvalue weighted by Crippen LogP contribution is 2.25. The van der Waals surface area contributed by atoms with E-state index in [1.54, 1.807) is 0 Å². The minimum atomic E-state index is 0.363. The molecule has 0 aromatic carbocycles. The minimum Gasteiger partial charge on any atom is -0.224 e. The van der Waals surface area contributed by atoms with Gasteiger partial charge in [0.05, 0.1) is 0 Å². The van der Waals surface area contributed by atoms with Crippen molar-refractivity contribution in [3.05, 3.63) is 44.4 Å². The maximum absolute atomic E-state index is 5.96. The SMILES string of the molecule is Clc1ncnc(Cl)c1CCCc1c(Cl)ncnc1Cl. The lowest BCUT2D eigenvalue weighted by Gasteiger charge is -2.07. The topological polar surface area (TPSA) is 51.6 Å². The average Bonchev–Trinajstić information content (AvgIpc) is 2.36. The van der Waals surface area contributed by atoms with Crippen LogP contribution in [0.15, 0.2) is 12.7 Å². The third-order valence-electron chi connectivity index (χ3n) is 2.53. The highest BCUT2D eigenvalue weighted by atomic mass is 35.5. The summed E-state index contributed by atoms with van der Waals surface area (Å²) in [7, 11) is 0. The predicted octanol–water partition coefficient (Wildman–Crippen LogP) is 4.06. The Morgan fingerprint density at radius 1 is 0.632 bits per heavy atom. The van der Waals surface area contributed by atoms with Crippen molar-refractivity contribution >= 4 is 46.4 Å². The van der Waals surface area contributed by atoms with E-state index in [4.69, 9.17) is 46.4 Å². The van der Waals surface area contributed by atoms with Gasteiger partial charge in [-0.2, -0.15) is 0 Å². The third-order valence-corrected chi connectivity index (χ3v) is 3.84. The number of hydrogen-bond acceptors (Lipinski definition) is 4. The lowest BCUT2D eigenvalue weighted by Crippen LogP contribution is -1.98. The molecule has 4 nitrogen and oxygen atoms in total. The molecule has 0 saturated heterocycles. The van der Waals surface area contributed by atoms with E-state index in [1.807, 2.05) is 0 Å². The Hall–Kier alpha value is -0.680. The van der Waals surface area contributed by atoms with Gasteiger partial charge in [-0.3, -0.25) is 0 Å². The van der Waals surface area contributed by atoms with Crippen LogP contribution in [0.3, 0.4) is 0 Å². The molecule has 2 heterocycles. The monoisotopic (exact) mass is 336 g/mol. The molecule has 0 spiro atoms. The van der Waals surface area contributed by atoms with Crippen LogP contribution in [0.1, 0.15) is 17.5 Å². The zero-order valence-corrected chi connectivity index (χ0v) is 12.6. The van der Waals surface area contributed by atoms with Gasteiger partial charge in [0, 0.05) is 11.1 Å². The van der Waals surface area contributed by atoms with Crippen LogP contribution in [-0.2, 0) is 12.8 Å². The first-order valence-corrected chi connectivity index (χ1v) is 6.90. The molecule has 2 rings (SSSR count). The Morgan fingerprint density at radius 3 is 1.26 bits per heavy atom. The van der Waals surface area contributed by atoms with Crippen molar-refractivity contribution in [2.24, 2.45) is 0 Å². The van der Waals surface area contributed by atoms with E-state index in [0.717, 1.165) is 17.5 Å². The van der Waals surface area contributed by atoms with Crippen LogP contribution < -0.4 is 0 Å². The van der Waals surface area contributed by atoms with Crippen LogP contribution in [0.5, 0.6) is 0 Å². The summed E-state index contributed by atoms with van der Waals surface area (Å²) in [4.78, 5) is 15.6. The van der Waals surface area contributed by atoms with Crippen molar-refractivity contribution in [3.8, 4) is 0 Å². The Labute approximate surface area is 130 Å². The van der Waals surface area contributed by atoms with E-state index < -0.39 is 0 Å². The summed E-state index contributed by atoms with van der Waals surface area (Å²) in [6.45, 7) is 0. The second kappa shape index (κ2) is 6.66. The van der Waals surface area contributed by atoms with Crippen molar-refractivity contribution < 1.29 is 0 Å². The summed E-state index contributed by atoms with van der Waals surface area (Å²) in [5, 5.41) is 1.45. The largest absolute Gasteiger partial charge is 0.224 e. The average molecular weight is 338 g/mol. The Morgan fingerprint density at radius 2 is 0.947 bits per heavy atom. The molecular weight excluding hydrogens is 330 g/mol. The quantitative estimate of drug-likeness (QED) is 0.789. The Kier molecular flexibility index (Phi) is 5.16. The van der Waals surface area contributed by atoms with Gasteiger partial charge in [0.2, 0.25) is 0 Å². The van der Waals surface area contributed by atoms with Crippen molar-refractivity contribution in [1.82, 2.24) is 19.9 Å². The number of hydrogen-bond donors (Lipinski definition) is 0. The van der Waals surface area contributed by atoms with Crippen LogP contribution in [0.2, 0.25) is 20.6 Å². The molecule has 2 aromatic heterocycles. The van der Waals surface area contributed by atoms with E-state index >= 15 is 0 Å². The standard InChI is InChI=1S/C11H8Cl4N4/c12-8-6(9(13)17-4-16-8)2-1-3-7-10(14)18-5-19-11(7)15/h4-5H,1-3H2. The predicted molar refractivity (Wildman–Crippen MR) is 76.1 cm³/mol. The molecule has 0 atom stereocenters. The Balaban J connectivity index is 2.05. The van der Waals surface area contributed by atoms with Gasteiger partial charge in [-0.15, -0.1) is 0 Å². The van der Waals surface area contributed by atoms with Gasteiger partial charge in [0.1, 0.15) is 33.3 Å². The molecule has 0 aliphatic heterocycles. The molecule has 0 bridgehead atoms. The van der Waals surface area contributed by atoms with Crippen molar-refractivity contribution in [1.29, 1.82) is 0 Å². The van der Waals surface area contributed by atoms with Gasteiger partial charge in [-0.1, -0.05) is 46.4 Å². The molecule has 0 N–H and O–H groups in total. The molecular formula is C11H8Cl4N4. The number of nitrogens with zero attached hydrogens (tertiary/aromatic N) is 4. The van der Waals surface area contributed by atoms with E-state index in [2.05, 4.69) is 19.9 Å². The van der Waals surface area contributed by atoms with E-state index in [1.165, 1.54) is 12.7 Å².